The van der Waals surface area contributed by atoms with Crippen molar-refractivity contribution in [2.24, 2.45) is 5.41 Å². The van der Waals surface area contributed by atoms with E-state index in [4.69, 9.17) is 9.47 Å². The molecule has 0 atom stereocenters. The molecular weight excluding hydrogens is 318 g/mol. The molecule has 1 fully saturated rings. The molecule has 0 aliphatic carbocycles. The van der Waals surface area contributed by atoms with Crippen LogP contribution in [0.5, 0.6) is 5.75 Å². The first-order valence-electron chi connectivity index (χ1n) is 7.44. The Labute approximate surface area is 129 Å². The van der Waals surface area contributed by atoms with Crippen molar-refractivity contribution in [3.8, 4) is 5.75 Å². The zero-order valence-corrected chi connectivity index (χ0v) is 13.4. The number of nitrogens with zero attached hydrogens (tertiary/aromatic N) is 1. The molecule has 2 aliphatic heterocycles. The van der Waals surface area contributed by atoms with Crippen molar-refractivity contribution in [1.29, 1.82) is 0 Å². The number of benzene rings is 1. The summed E-state index contributed by atoms with van der Waals surface area (Å²) >= 11 is 3.74. The maximum atomic E-state index is 5.86. The average Bonchev–Trinajstić information content (AvgIpc) is 2.71. The Kier molecular flexibility index (Phi) is 4.51. The predicted molar refractivity (Wildman–Crippen MR) is 85.0 cm³/mol. The molecule has 1 aromatic carbocycles. The summed E-state index contributed by atoms with van der Waals surface area (Å²) < 4.78 is 11.4. The van der Waals surface area contributed by atoms with E-state index in [1.807, 2.05) is 0 Å². The fraction of sp³-hybridized carbons (Fsp3) is 0.625. The van der Waals surface area contributed by atoms with Gasteiger partial charge in [-0.25, -0.2) is 0 Å². The number of ether oxygens (including phenoxy) is 2. The number of anilines is 1. The second kappa shape index (κ2) is 6.35. The third kappa shape index (κ3) is 2.96. The highest BCUT2D eigenvalue weighted by Gasteiger charge is 2.34. The molecule has 4 heteroatoms. The highest BCUT2D eigenvalue weighted by Crippen LogP contribution is 2.38. The van der Waals surface area contributed by atoms with Crippen LogP contribution in [0.3, 0.4) is 0 Å². The van der Waals surface area contributed by atoms with Gasteiger partial charge in [-0.3, -0.25) is 0 Å². The van der Waals surface area contributed by atoms with Gasteiger partial charge in [-0.2, -0.15) is 0 Å². The summed E-state index contributed by atoms with van der Waals surface area (Å²) in [6, 6.07) is 8.42. The van der Waals surface area contributed by atoms with E-state index in [9.17, 15) is 0 Å². The molecule has 2 aliphatic rings. The zero-order valence-electron chi connectivity index (χ0n) is 11.8. The predicted octanol–water partition coefficient (Wildman–Crippen LogP) is 3.47. The molecule has 110 valence electrons. The van der Waals surface area contributed by atoms with Crippen LogP contribution in [0.15, 0.2) is 24.3 Å². The summed E-state index contributed by atoms with van der Waals surface area (Å²) in [7, 11) is 0. The first kappa shape index (κ1) is 14.2. The summed E-state index contributed by atoms with van der Waals surface area (Å²) in [5.74, 6) is 1.03. The Bertz CT molecular complexity index is 446. The van der Waals surface area contributed by atoms with E-state index in [-0.39, 0.29) is 0 Å². The van der Waals surface area contributed by atoms with E-state index < -0.39 is 0 Å². The molecule has 0 unspecified atom stereocenters. The lowest BCUT2D eigenvalue weighted by atomic mass is 9.81. The largest absolute Gasteiger partial charge is 0.491 e. The van der Waals surface area contributed by atoms with Gasteiger partial charge in [0.25, 0.3) is 0 Å². The third-order valence-corrected chi connectivity index (χ3v) is 5.59. The quantitative estimate of drug-likeness (QED) is 0.787. The molecule has 0 bridgehead atoms. The molecule has 0 amide bonds. The Balaban J connectivity index is 1.82. The lowest BCUT2D eigenvalue weighted by Gasteiger charge is -2.40. The number of halogens is 1. The molecule has 0 spiro atoms. The lowest BCUT2D eigenvalue weighted by molar-refractivity contribution is 0.0300. The van der Waals surface area contributed by atoms with E-state index >= 15 is 0 Å². The Morgan fingerprint density at radius 1 is 1.15 bits per heavy atom. The highest BCUT2D eigenvalue weighted by atomic mass is 79.9. The number of hydrogen-bond donors (Lipinski definition) is 0. The van der Waals surface area contributed by atoms with E-state index in [2.05, 4.69) is 45.1 Å². The molecule has 1 saturated heterocycles. The minimum Gasteiger partial charge on any atom is -0.491 e. The number of rotatable bonds is 3. The van der Waals surface area contributed by atoms with E-state index in [1.54, 1.807) is 0 Å². The normalized spacial score (nSPS) is 21.8. The first-order valence-corrected chi connectivity index (χ1v) is 8.56. The molecule has 0 radical (unpaired) electrons. The van der Waals surface area contributed by atoms with Gasteiger partial charge in [-0.1, -0.05) is 28.1 Å². The lowest BCUT2D eigenvalue weighted by Crippen LogP contribution is -2.43. The van der Waals surface area contributed by atoms with Gasteiger partial charge in [0, 0.05) is 37.0 Å². The molecule has 3 rings (SSSR count). The van der Waals surface area contributed by atoms with Gasteiger partial charge in [0.2, 0.25) is 0 Å². The van der Waals surface area contributed by atoms with Gasteiger partial charge < -0.3 is 14.4 Å². The van der Waals surface area contributed by atoms with Crippen molar-refractivity contribution in [2.45, 2.75) is 19.3 Å². The molecular formula is C16H22BrNO2. The fourth-order valence-electron chi connectivity index (χ4n) is 3.11. The van der Waals surface area contributed by atoms with E-state index in [0.29, 0.717) is 5.41 Å². The van der Waals surface area contributed by atoms with Gasteiger partial charge in [0.15, 0.2) is 0 Å². The third-order valence-electron chi connectivity index (χ3n) is 4.40. The van der Waals surface area contributed by atoms with Crippen molar-refractivity contribution in [2.75, 3.05) is 43.1 Å². The number of fused-ring (bicyclic) bond motifs is 1. The average molecular weight is 340 g/mol. The number of hydrogen-bond acceptors (Lipinski definition) is 3. The number of alkyl halides is 1. The van der Waals surface area contributed by atoms with Crippen LogP contribution in [0.4, 0.5) is 5.69 Å². The zero-order chi connectivity index (χ0) is 13.8. The Morgan fingerprint density at radius 3 is 2.75 bits per heavy atom. The van der Waals surface area contributed by atoms with Gasteiger partial charge in [0.05, 0.1) is 12.3 Å². The second-order valence-corrected chi connectivity index (χ2v) is 6.40. The van der Waals surface area contributed by atoms with Crippen LogP contribution in [-0.4, -0.2) is 38.2 Å². The maximum Gasteiger partial charge on any atom is 0.142 e. The summed E-state index contributed by atoms with van der Waals surface area (Å²) in [5.41, 5.74) is 1.58. The SMILES string of the molecule is BrCC1(CN2CCCOc3ccccc32)CCOCC1. The van der Waals surface area contributed by atoms with Crippen LogP contribution in [0.2, 0.25) is 0 Å². The standard InChI is InChI=1S/C16H22BrNO2/c17-12-16(6-10-19-11-7-16)13-18-8-3-9-20-15-5-2-1-4-14(15)18/h1-2,4-5H,3,6-13H2. The monoisotopic (exact) mass is 339 g/mol. The van der Waals surface area contributed by atoms with Crippen LogP contribution in [0, 0.1) is 5.41 Å². The van der Waals surface area contributed by atoms with E-state index in [0.717, 1.165) is 63.3 Å². The fourth-order valence-corrected chi connectivity index (χ4v) is 3.84. The van der Waals surface area contributed by atoms with Crippen molar-refractivity contribution in [1.82, 2.24) is 0 Å². The van der Waals surface area contributed by atoms with Crippen LogP contribution in [-0.2, 0) is 4.74 Å². The first-order chi connectivity index (χ1) is 9.83. The van der Waals surface area contributed by atoms with E-state index in [1.165, 1.54) is 5.69 Å². The highest BCUT2D eigenvalue weighted by molar-refractivity contribution is 9.09. The van der Waals surface area contributed by atoms with Crippen molar-refractivity contribution < 1.29 is 9.47 Å². The number of para-hydroxylation sites is 2. The van der Waals surface area contributed by atoms with Crippen molar-refractivity contribution in [3.05, 3.63) is 24.3 Å². The molecule has 3 nitrogen and oxygen atoms in total. The summed E-state index contributed by atoms with van der Waals surface area (Å²) in [6.45, 7) is 4.75. The molecule has 2 heterocycles. The molecule has 0 N–H and O–H groups in total. The van der Waals surface area contributed by atoms with Crippen LogP contribution >= 0.6 is 15.9 Å². The maximum absolute atomic E-state index is 5.86. The molecule has 0 aromatic heterocycles. The molecule has 20 heavy (non-hydrogen) atoms. The summed E-state index contributed by atoms with van der Waals surface area (Å²) in [4.78, 5) is 2.51. The van der Waals surface area contributed by atoms with Crippen molar-refractivity contribution in [3.63, 3.8) is 0 Å². The summed E-state index contributed by atoms with van der Waals surface area (Å²) in [6.07, 6.45) is 3.36. The minimum absolute atomic E-state index is 0.329. The van der Waals surface area contributed by atoms with Crippen molar-refractivity contribution >= 4 is 21.6 Å². The molecule has 1 aromatic rings. The smallest absolute Gasteiger partial charge is 0.142 e. The Hall–Kier alpha value is -0.740. The minimum atomic E-state index is 0.329. The van der Waals surface area contributed by atoms with Gasteiger partial charge in [-0.15, -0.1) is 0 Å². The Morgan fingerprint density at radius 2 is 1.95 bits per heavy atom. The van der Waals surface area contributed by atoms with Crippen LogP contribution in [0.25, 0.3) is 0 Å². The van der Waals surface area contributed by atoms with Crippen LogP contribution in [0.1, 0.15) is 19.3 Å². The van der Waals surface area contributed by atoms with Gasteiger partial charge in [0.1, 0.15) is 5.75 Å². The molecule has 0 saturated carbocycles. The van der Waals surface area contributed by atoms with Gasteiger partial charge in [-0.05, 0) is 31.4 Å². The van der Waals surface area contributed by atoms with Gasteiger partial charge >= 0.3 is 0 Å². The topological polar surface area (TPSA) is 21.7 Å². The second-order valence-electron chi connectivity index (χ2n) is 5.84. The summed E-state index contributed by atoms with van der Waals surface area (Å²) in [5, 5.41) is 1.04. The van der Waals surface area contributed by atoms with Crippen LogP contribution < -0.4 is 9.64 Å².